The van der Waals surface area contributed by atoms with Crippen LogP contribution >= 0.6 is 0 Å². The molecule has 8 atom stereocenters. The van der Waals surface area contributed by atoms with Gasteiger partial charge in [-0.2, -0.15) is 0 Å². The summed E-state index contributed by atoms with van der Waals surface area (Å²) in [6.07, 6.45) is -3.49. The van der Waals surface area contributed by atoms with Gasteiger partial charge in [0, 0.05) is 0 Å². The van der Waals surface area contributed by atoms with E-state index in [1.807, 2.05) is 27.7 Å². The monoisotopic (exact) mass is 361 g/mol. The van der Waals surface area contributed by atoms with Gasteiger partial charge in [-0.3, -0.25) is 5.32 Å². The van der Waals surface area contributed by atoms with Gasteiger partial charge >= 0.3 is 0 Å². The molecule has 25 heavy (non-hydrogen) atoms. The van der Waals surface area contributed by atoms with Gasteiger partial charge in [0.05, 0.1) is 13.2 Å². The molecule has 144 valence electrons. The van der Waals surface area contributed by atoms with E-state index in [2.05, 4.69) is 5.32 Å². The van der Waals surface area contributed by atoms with Gasteiger partial charge in [-0.1, -0.05) is 0 Å². The molecule has 0 aromatic carbocycles. The zero-order valence-corrected chi connectivity index (χ0v) is 14.9. The van der Waals surface area contributed by atoms with Crippen LogP contribution in [0.2, 0.25) is 0 Å². The van der Waals surface area contributed by atoms with Crippen molar-refractivity contribution in [1.29, 1.82) is 0 Å². The predicted octanol–water partition coefficient (Wildman–Crippen LogP) is -0.949. The van der Waals surface area contributed by atoms with Crippen molar-refractivity contribution in [2.45, 2.75) is 88.3 Å². The lowest BCUT2D eigenvalue weighted by Gasteiger charge is -2.28. The number of nitrogens with one attached hydrogen (secondary N) is 1. The molecule has 4 aliphatic heterocycles. The van der Waals surface area contributed by atoms with Gasteiger partial charge in [0.25, 0.3) is 0 Å². The van der Waals surface area contributed by atoms with Gasteiger partial charge in [0.2, 0.25) is 0 Å². The molecule has 0 saturated carbocycles. The highest BCUT2D eigenvalue weighted by molar-refractivity contribution is 5.01. The van der Waals surface area contributed by atoms with Crippen LogP contribution < -0.4 is 5.32 Å². The van der Waals surface area contributed by atoms with Crippen molar-refractivity contribution >= 4 is 0 Å². The molecule has 4 aliphatic rings. The highest BCUT2D eigenvalue weighted by atomic mass is 16.8. The van der Waals surface area contributed by atoms with E-state index in [0.717, 1.165) is 0 Å². The summed E-state index contributed by atoms with van der Waals surface area (Å²) >= 11 is 0. The van der Waals surface area contributed by atoms with Crippen LogP contribution in [-0.2, 0) is 28.4 Å². The molecule has 4 rings (SSSR count). The summed E-state index contributed by atoms with van der Waals surface area (Å²) in [6.45, 7) is 6.99. The molecule has 4 fully saturated rings. The third kappa shape index (κ3) is 3.11. The van der Waals surface area contributed by atoms with Crippen LogP contribution in [0.5, 0.6) is 0 Å². The van der Waals surface area contributed by atoms with E-state index in [-0.39, 0.29) is 37.6 Å². The van der Waals surface area contributed by atoms with Gasteiger partial charge in [-0.15, -0.1) is 0 Å². The first-order chi connectivity index (χ1) is 11.7. The number of ether oxygens (including phenoxy) is 6. The summed E-state index contributed by atoms with van der Waals surface area (Å²) in [6, 6.07) is 0. The van der Waals surface area contributed by atoms with Crippen molar-refractivity contribution in [3.05, 3.63) is 0 Å². The SMILES string of the molecule is CC1(C)O[C@@H]2[C@H](O1)[C@H](N[C@@H]1O[C@H](CO)[C@@H]3OC(C)(C)O[C@@H]31)O[C@H]2CO. The summed E-state index contributed by atoms with van der Waals surface area (Å²) < 4.78 is 35.3. The molecule has 3 N–H and O–H groups in total. The molecular formula is C16H27NO8. The molecule has 0 aromatic heterocycles. The van der Waals surface area contributed by atoms with E-state index in [1.54, 1.807) is 0 Å². The standard InChI is InChI=1S/C16H27NO8/c1-15(2)22-9-7(5-18)20-13(11(9)24-15)17-14-12-10(8(6-19)21-14)23-16(3,4)25-12/h7-14,17-19H,5-6H2,1-4H3/t7-,8+,9-,10-,11-,12-,13+,14+/m0/s1. The van der Waals surface area contributed by atoms with Crippen molar-refractivity contribution in [1.82, 2.24) is 5.32 Å². The normalized spacial score (nSPS) is 50.2. The Hall–Kier alpha value is -0.360. The van der Waals surface area contributed by atoms with Crippen molar-refractivity contribution in [2.75, 3.05) is 13.2 Å². The summed E-state index contributed by atoms with van der Waals surface area (Å²) in [5.41, 5.74) is 0. The van der Waals surface area contributed by atoms with Crippen molar-refractivity contribution in [2.24, 2.45) is 0 Å². The van der Waals surface area contributed by atoms with Crippen molar-refractivity contribution in [3.8, 4) is 0 Å². The first-order valence-electron chi connectivity index (χ1n) is 8.73. The van der Waals surface area contributed by atoms with Crippen LogP contribution in [0.25, 0.3) is 0 Å². The Kier molecular flexibility index (Phi) is 4.38. The molecular weight excluding hydrogens is 334 g/mol. The van der Waals surface area contributed by atoms with Crippen LogP contribution in [0.4, 0.5) is 0 Å². The summed E-state index contributed by atoms with van der Waals surface area (Å²) in [5, 5.41) is 22.4. The Labute approximate surface area is 146 Å². The number of rotatable bonds is 4. The van der Waals surface area contributed by atoms with E-state index in [0.29, 0.717) is 0 Å². The Morgan fingerprint density at radius 3 is 1.40 bits per heavy atom. The van der Waals surface area contributed by atoms with Crippen LogP contribution in [0.1, 0.15) is 27.7 Å². The molecule has 0 unspecified atom stereocenters. The minimum absolute atomic E-state index is 0.164. The second-order valence-electron chi connectivity index (χ2n) is 7.85. The molecule has 0 aromatic rings. The first kappa shape index (κ1) is 18.0. The quantitative estimate of drug-likeness (QED) is 0.584. The van der Waals surface area contributed by atoms with Gasteiger partial charge in [0.1, 0.15) is 49.1 Å². The second-order valence-corrected chi connectivity index (χ2v) is 7.85. The smallest absolute Gasteiger partial charge is 0.164 e. The Morgan fingerprint density at radius 1 is 0.680 bits per heavy atom. The lowest BCUT2D eigenvalue weighted by molar-refractivity contribution is -0.212. The topological polar surface area (TPSA) is 108 Å². The van der Waals surface area contributed by atoms with Crippen LogP contribution in [0.15, 0.2) is 0 Å². The van der Waals surface area contributed by atoms with E-state index in [4.69, 9.17) is 28.4 Å². The number of fused-ring (bicyclic) bond motifs is 2. The van der Waals surface area contributed by atoms with Crippen molar-refractivity contribution < 1.29 is 38.6 Å². The Morgan fingerprint density at radius 2 is 1.04 bits per heavy atom. The maximum Gasteiger partial charge on any atom is 0.164 e. The fourth-order valence-corrected chi connectivity index (χ4v) is 4.09. The molecule has 0 bridgehead atoms. The maximum atomic E-state index is 9.56. The fourth-order valence-electron chi connectivity index (χ4n) is 4.09. The molecule has 0 spiro atoms. The van der Waals surface area contributed by atoms with E-state index in [9.17, 15) is 10.2 Å². The third-order valence-corrected chi connectivity index (χ3v) is 4.99. The average Bonchev–Trinajstić information content (AvgIpc) is 3.18. The molecule has 0 amide bonds. The lowest BCUT2D eigenvalue weighted by atomic mass is 10.1. The predicted molar refractivity (Wildman–Crippen MR) is 82.3 cm³/mol. The number of hydrogen-bond acceptors (Lipinski definition) is 9. The molecule has 0 aliphatic carbocycles. The second kappa shape index (κ2) is 6.08. The Bertz CT molecular complexity index is 470. The van der Waals surface area contributed by atoms with Crippen LogP contribution in [0.3, 0.4) is 0 Å². The van der Waals surface area contributed by atoms with E-state index < -0.39 is 36.2 Å². The summed E-state index contributed by atoms with van der Waals surface area (Å²) in [7, 11) is 0. The van der Waals surface area contributed by atoms with Gasteiger partial charge in [-0.25, -0.2) is 0 Å². The zero-order valence-electron chi connectivity index (χ0n) is 14.9. The zero-order chi connectivity index (χ0) is 18.0. The first-order valence-corrected chi connectivity index (χ1v) is 8.73. The fraction of sp³-hybridized carbons (Fsp3) is 1.00. The number of aliphatic hydroxyl groups is 2. The minimum atomic E-state index is -0.742. The number of aliphatic hydroxyl groups excluding tert-OH is 2. The van der Waals surface area contributed by atoms with Crippen molar-refractivity contribution in [3.63, 3.8) is 0 Å². The molecule has 4 heterocycles. The third-order valence-electron chi connectivity index (χ3n) is 4.99. The van der Waals surface area contributed by atoms with Gasteiger partial charge in [-0.05, 0) is 27.7 Å². The van der Waals surface area contributed by atoms with Crippen LogP contribution in [-0.4, -0.2) is 84.1 Å². The van der Waals surface area contributed by atoms with Gasteiger partial charge in [0.15, 0.2) is 11.6 Å². The number of hydrogen-bond donors (Lipinski definition) is 3. The van der Waals surface area contributed by atoms with E-state index in [1.165, 1.54) is 0 Å². The van der Waals surface area contributed by atoms with Gasteiger partial charge < -0.3 is 38.6 Å². The molecule has 4 saturated heterocycles. The molecule has 9 nitrogen and oxygen atoms in total. The average molecular weight is 361 g/mol. The maximum absolute atomic E-state index is 9.56. The lowest BCUT2D eigenvalue weighted by Crippen LogP contribution is -2.50. The minimum Gasteiger partial charge on any atom is -0.394 e. The largest absolute Gasteiger partial charge is 0.394 e. The molecule has 0 radical (unpaired) electrons. The highest BCUT2D eigenvalue weighted by Gasteiger charge is 2.59. The Balaban J connectivity index is 1.48. The molecule has 9 heteroatoms. The summed E-state index contributed by atoms with van der Waals surface area (Å²) in [5.74, 6) is -1.48. The summed E-state index contributed by atoms with van der Waals surface area (Å²) in [4.78, 5) is 0. The van der Waals surface area contributed by atoms with Crippen LogP contribution in [0, 0.1) is 0 Å². The van der Waals surface area contributed by atoms with E-state index >= 15 is 0 Å². The highest BCUT2D eigenvalue weighted by Crippen LogP contribution is 2.41.